The number of nitrogens with two attached hydrogens (primary N) is 1. The van der Waals surface area contributed by atoms with Gasteiger partial charge in [-0.2, -0.15) is 5.32 Å². The quantitative estimate of drug-likeness (QED) is 0.580. The monoisotopic (exact) mass is 183 g/mol. The maximum absolute atomic E-state index is 11.0. The summed E-state index contributed by atoms with van der Waals surface area (Å²) in [6.07, 6.45) is 0. The van der Waals surface area contributed by atoms with Gasteiger partial charge in [-0.05, 0) is 12.1 Å². The lowest BCUT2D eigenvalue weighted by Gasteiger charge is -2.23. The van der Waals surface area contributed by atoms with Crippen molar-refractivity contribution < 1.29 is 9.59 Å². The number of rotatable bonds is 2. The van der Waals surface area contributed by atoms with Gasteiger partial charge in [0.1, 0.15) is 5.82 Å². The maximum Gasteiger partial charge on any atom is 0.352 e. The Balaban J connectivity index is 3.15. The highest BCUT2D eigenvalue weighted by Gasteiger charge is 2.32. The number of nitroso groups, excluding NO2 is 1. The van der Waals surface area contributed by atoms with Crippen molar-refractivity contribution in [2.24, 2.45) is 10.9 Å². The zero-order chi connectivity index (χ0) is 10.0. The first-order valence-electron chi connectivity index (χ1n) is 3.52. The predicted octanol–water partition coefficient (Wildman–Crippen LogP) is -0.533. The zero-order valence-corrected chi connectivity index (χ0v) is 6.85. The van der Waals surface area contributed by atoms with E-state index in [9.17, 15) is 14.5 Å². The number of nitrogens with zero attached hydrogens (tertiary/aromatic N) is 3. The van der Waals surface area contributed by atoms with E-state index in [4.69, 9.17) is 5.73 Å². The summed E-state index contributed by atoms with van der Waals surface area (Å²) in [5.41, 5.74) is 4.82. The molecule has 3 amide bonds. The third kappa shape index (κ3) is 1.35. The van der Waals surface area contributed by atoms with E-state index in [2.05, 4.69) is 10.5 Å². The van der Waals surface area contributed by atoms with Crippen LogP contribution in [-0.2, 0) is 4.79 Å². The van der Waals surface area contributed by atoms with Crippen molar-refractivity contribution in [3.05, 3.63) is 16.4 Å². The van der Waals surface area contributed by atoms with E-state index in [0.29, 0.717) is 0 Å². The lowest BCUT2D eigenvalue weighted by molar-refractivity contribution is -0.117. The Hall–Kier alpha value is -1.92. The highest BCUT2D eigenvalue weighted by atomic mass is 16.3. The van der Waals surface area contributed by atoms with E-state index in [-0.39, 0.29) is 12.4 Å². The smallest absolute Gasteiger partial charge is 0.352 e. The normalized spacial score (nSPS) is 17.5. The Morgan fingerprint density at radius 3 is 2.62 bits per heavy atom. The molecule has 2 N–H and O–H groups in total. The largest absolute Gasteiger partial charge is 0.383 e. The van der Waals surface area contributed by atoms with Gasteiger partial charge in [-0.15, -0.1) is 4.91 Å². The zero-order valence-electron chi connectivity index (χ0n) is 6.85. The number of hydrogen-bond donors (Lipinski definition) is 1. The summed E-state index contributed by atoms with van der Waals surface area (Å²) in [6.45, 7) is 1.87. The van der Waals surface area contributed by atoms with Gasteiger partial charge < -0.3 is 5.73 Å². The summed E-state index contributed by atoms with van der Waals surface area (Å²) < 4.78 is 0. The summed E-state index contributed by atoms with van der Waals surface area (Å²) in [6, 6.07) is -0.766. The molecule has 1 aliphatic heterocycles. The Morgan fingerprint density at radius 2 is 2.15 bits per heavy atom. The number of urea groups is 1. The highest BCUT2D eigenvalue weighted by Crippen LogP contribution is 2.12. The Labute approximate surface area is 73.5 Å². The second-order valence-corrected chi connectivity index (χ2v) is 2.27. The van der Waals surface area contributed by atoms with Crippen LogP contribution in [0.1, 0.15) is 6.92 Å². The molecule has 0 fully saturated rings. The van der Waals surface area contributed by atoms with Crippen LogP contribution in [0.3, 0.4) is 0 Å². The molecule has 7 heteroatoms. The van der Waals surface area contributed by atoms with E-state index in [1.54, 1.807) is 6.92 Å². The molecular formula is C6H7N4O3. The van der Waals surface area contributed by atoms with Gasteiger partial charge in [0, 0.05) is 6.54 Å². The summed E-state index contributed by atoms with van der Waals surface area (Å²) >= 11 is 0. The first-order valence-corrected chi connectivity index (χ1v) is 3.52. The standard InChI is InChI=1S/C6H7N4O3/c1-2-10-4(7)3(9-13)5(11)8-6(10)12/h2,7H2,1H3. The van der Waals surface area contributed by atoms with E-state index in [1.807, 2.05) is 0 Å². The van der Waals surface area contributed by atoms with Gasteiger partial charge in [0.25, 0.3) is 0 Å². The van der Waals surface area contributed by atoms with Gasteiger partial charge in [0.2, 0.25) is 5.70 Å². The number of amides is 3. The molecule has 1 radical (unpaired) electrons. The van der Waals surface area contributed by atoms with Crippen LogP contribution in [0.25, 0.3) is 0 Å². The third-order valence-corrected chi connectivity index (χ3v) is 1.57. The summed E-state index contributed by atoms with van der Waals surface area (Å²) in [4.78, 5) is 33.0. The van der Waals surface area contributed by atoms with Gasteiger partial charge in [-0.25, -0.2) is 4.79 Å². The van der Waals surface area contributed by atoms with Gasteiger partial charge in [0.15, 0.2) is 0 Å². The molecule has 0 saturated carbocycles. The van der Waals surface area contributed by atoms with Gasteiger partial charge >= 0.3 is 11.9 Å². The van der Waals surface area contributed by atoms with Crippen LogP contribution in [0.4, 0.5) is 4.79 Å². The van der Waals surface area contributed by atoms with E-state index < -0.39 is 17.6 Å². The molecule has 0 aromatic rings. The Morgan fingerprint density at radius 1 is 1.54 bits per heavy atom. The molecule has 13 heavy (non-hydrogen) atoms. The molecule has 7 nitrogen and oxygen atoms in total. The summed E-state index contributed by atoms with van der Waals surface area (Å²) in [5, 5.41) is 5.46. The predicted molar refractivity (Wildman–Crippen MR) is 41.9 cm³/mol. The SMILES string of the molecule is CCN1C(=O)[N]C(=O)C(N=O)=C1N. The number of imide groups is 1. The molecule has 0 aromatic heterocycles. The molecule has 0 bridgehead atoms. The van der Waals surface area contributed by atoms with E-state index in [0.717, 1.165) is 4.90 Å². The average Bonchev–Trinajstić information content (AvgIpc) is 2.04. The fourth-order valence-corrected chi connectivity index (χ4v) is 0.932. The minimum Gasteiger partial charge on any atom is -0.383 e. The van der Waals surface area contributed by atoms with Crippen molar-refractivity contribution in [3.8, 4) is 0 Å². The fraction of sp³-hybridized carbons (Fsp3) is 0.333. The van der Waals surface area contributed by atoms with E-state index in [1.165, 1.54) is 0 Å². The maximum atomic E-state index is 11.0. The van der Waals surface area contributed by atoms with Crippen molar-refractivity contribution >= 4 is 11.9 Å². The van der Waals surface area contributed by atoms with Gasteiger partial charge in [0.05, 0.1) is 0 Å². The van der Waals surface area contributed by atoms with Crippen molar-refractivity contribution in [1.29, 1.82) is 0 Å². The Kier molecular flexibility index (Phi) is 2.27. The van der Waals surface area contributed by atoms with Crippen LogP contribution in [0, 0.1) is 4.91 Å². The number of carbonyl (C=O) groups is 2. The average molecular weight is 183 g/mol. The third-order valence-electron chi connectivity index (χ3n) is 1.57. The lowest BCUT2D eigenvalue weighted by atomic mass is 10.3. The molecule has 1 heterocycles. The molecule has 0 aliphatic carbocycles. The topological polar surface area (TPSA) is 107 Å². The van der Waals surface area contributed by atoms with Crippen LogP contribution >= 0.6 is 0 Å². The van der Waals surface area contributed by atoms with Crippen LogP contribution in [0.2, 0.25) is 0 Å². The second kappa shape index (κ2) is 3.21. The Bertz CT molecular complexity index is 309. The molecule has 1 aliphatic rings. The first-order chi connectivity index (χ1) is 6.11. The fourth-order valence-electron chi connectivity index (χ4n) is 0.932. The minimum absolute atomic E-state index is 0.234. The molecule has 0 unspecified atom stereocenters. The van der Waals surface area contributed by atoms with Crippen LogP contribution in [0.5, 0.6) is 0 Å². The molecular weight excluding hydrogens is 176 g/mol. The van der Waals surface area contributed by atoms with Crippen molar-refractivity contribution in [2.45, 2.75) is 6.92 Å². The van der Waals surface area contributed by atoms with Gasteiger partial charge in [-0.1, -0.05) is 0 Å². The first kappa shape index (κ1) is 9.17. The van der Waals surface area contributed by atoms with Crippen LogP contribution in [-0.4, -0.2) is 23.4 Å². The lowest BCUT2D eigenvalue weighted by Crippen LogP contribution is -2.46. The summed E-state index contributed by atoms with van der Waals surface area (Å²) in [5.74, 6) is -1.22. The molecule has 0 aromatic carbocycles. The summed E-state index contributed by atoms with van der Waals surface area (Å²) in [7, 11) is 0. The van der Waals surface area contributed by atoms with Gasteiger partial charge in [-0.3, -0.25) is 9.69 Å². The molecule has 1 rings (SSSR count). The second-order valence-electron chi connectivity index (χ2n) is 2.27. The van der Waals surface area contributed by atoms with Crippen molar-refractivity contribution in [1.82, 2.24) is 10.2 Å². The molecule has 0 atom stereocenters. The number of hydrogen-bond acceptors (Lipinski definition) is 5. The molecule has 69 valence electrons. The van der Waals surface area contributed by atoms with Crippen LogP contribution in [0.15, 0.2) is 16.7 Å². The van der Waals surface area contributed by atoms with Crippen LogP contribution < -0.4 is 11.1 Å². The van der Waals surface area contributed by atoms with Crippen molar-refractivity contribution in [2.75, 3.05) is 6.54 Å². The highest BCUT2D eigenvalue weighted by molar-refractivity contribution is 6.06. The molecule has 0 spiro atoms. The number of carbonyl (C=O) groups excluding carboxylic acids is 2. The minimum atomic E-state index is -0.984. The van der Waals surface area contributed by atoms with E-state index >= 15 is 0 Å². The molecule has 0 saturated heterocycles. The van der Waals surface area contributed by atoms with Crippen molar-refractivity contribution in [3.63, 3.8) is 0 Å².